The summed E-state index contributed by atoms with van der Waals surface area (Å²) in [6.45, 7) is 4.35. The van der Waals surface area contributed by atoms with Crippen LogP contribution >= 0.6 is 0 Å². The number of rotatable bonds is 4. The number of sulfonamides is 1. The maximum Gasteiger partial charge on any atom is 0.246 e. The van der Waals surface area contributed by atoms with Crippen molar-refractivity contribution in [2.24, 2.45) is 0 Å². The average molecular weight is 275 g/mol. The third kappa shape index (κ3) is 2.41. The van der Waals surface area contributed by atoms with E-state index in [4.69, 9.17) is 9.26 Å². The van der Waals surface area contributed by atoms with Crippen molar-refractivity contribution in [1.82, 2.24) is 15.2 Å². The molecule has 0 radical (unpaired) electrons. The molecule has 0 spiro atoms. The second-order valence-corrected chi connectivity index (χ2v) is 5.96. The summed E-state index contributed by atoms with van der Waals surface area (Å²) in [6, 6.07) is -0.284. The van der Waals surface area contributed by atoms with Gasteiger partial charge in [0.2, 0.25) is 10.0 Å². The largest absolute Gasteiger partial charge is 0.378 e. The van der Waals surface area contributed by atoms with Crippen LogP contribution in [0, 0.1) is 13.8 Å². The van der Waals surface area contributed by atoms with Crippen LogP contribution in [0.3, 0.4) is 0 Å². The predicted molar refractivity (Wildman–Crippen MR) is 63.8 cm³/mol. The van der Waals surface area contributed by atoms with E-state index in [-0.39, 0.29) is 17.0 Å². The molecule has 7 nitrogen and oxygen atoms in total. The smallest absolute Gasteiger partial charge is 0.246 e. The van der Waals surface area contributed by atoms with Crippen molar-refractivity contribution in [2.45, 2.75) is 30.9 Å². The lowest BCUT2D eigenvalue weighted by molar-refractivity contribution is 0.103. The highest BCUT2D eigenvalue weighted by atomic mass is 32.2. The van der Waals surface area contributed by atoms with Crippen LogP contribution in [-0.4, -0.2) is 45.9 Å². The predicted octanol–water partition coefficient (Wildman–Crippen LogP) is -0.443. The van der Waals surface area contributed by atoms with Crippen molar-refractivity contribution in [3.05, 3.63) is 11.5 Å². The molecule has 2 atom stereocenters. The summed E-state index contributed by atoms with van der Waals surface area (Å²) in [4.78, 5) is 0.115. The summed E-state index contributed by atoms with van der Waals surface area (Å²) in [7, 11) is -2.07. The van der Waals surface area contributed by atoms with Crippen LogP contribution in [0.25, 0.3) is 0 Å². The van der Waals surface area contributed by atoms with Gasteiger partial charge in [-0.05, 0) is 13.8 Å². The summed E-state index contributed by atoms with van der Waals surface area (Å²) < 4.78 is 37.2. The quantitative estimate of drug-likeness (QED) is 0.773. The molecule has 1 unspecified atom stereocenters. The Morgan fingerprint density at radius 1 is 1.44 bits per heavy atom. The molecular formula is C10H17N3O4S. The van der Waals surface area contributed by atoms with E-state index in [2.05, 4.69) is 15.2 Å². The number of nitrogens with zero attached hydrogens (tertiary/aromatic N) is 1. The normalized spacial score (nSPS) is 24.6. The zero-order valence-corrected chi connectivity index (χ0v) is 11.4. The monoisotopic (exact) mass is 275 g/mol. The molecule has 1 fully saturated rings. The topological polar surface area (TPSA) is 93.5 Å². The second kappa shape index (κ2) is 4.96. The number of aryl methyl sites for hydroxylation is 2. The Hall–Kier alpha value is -0.960. The van der Waals surface area contributed by atoms with Crippen molar-refractivity contribution in [1.29, 1.82) is 0 Å². The first kappa shape index (κ1) is 13.5. The van der Waals surface area contributed by atoms with Crippen molar-refractivity contribution in [2.75, 3.05) is 20.2 Å². The molecule has 1 aromatic heterocycles. The van der Waals surface area contributed by atoms with Crippen molar-refractivity contribution in [3.63, 3.8) is 0 Å². The van der Waals surface area contributed by atoms with E-state index >= 15 is 0 Å². The van der Waals surface area contributed by atoms with Gasteiger partial charge >= 0.3 is 0 Å². The number of methoxy groups -OCH3 is 1. The first-order valence-corrected chi connectivity index (χ1v) is 7.12. The third-order valence-corrected chi connectivity index (χ3v) is 4.74. The van der Waals surface area contributed by atoms with Crippen molar-refractivity contribution in [3.8, 4) is 0 Å². The van der Waals surface area contributed by atoms with Crippen LogP contribution in [0.5, 0.6) is 0 Å². The van der Waals surface area contributed by atoms with Crippen molar-refractivity contribution >= 4 is 10.0 Å². The fourth-order valence-corrected chi connectivity index (χ4v) is 3.73. The van der Waals surface area contributed by atoms with E-state index in [0.717, 1.165) is 0 Å². The molecule has 1 aromatic rings. The summed E-state index contributed by atoms with van der Waals surface area (Å²) in [6.07, 6.45) is -0.166. The SMILES string of the molecule is CO[C@@H]1CNCC1NS(=O)(=O)c1c(C)noc1C. The van der Waals surface area contributed by atoms with E-state index < -0.39 is 10.0 Å². The van der Waals surface area contributed by atoms with Gasteiger partial charge < -0.3 is 14.6 Å². The molecule has 2 heterocycles. The Balaban J connectivity index is 2.23. The van der Waals surface area contributed by atoms with Crippen LogP contribution in [0.4, 0.5) is 0 Å². The van der Waals surface area contributed by atoms with Gasteiger partial charge in [-0.25, -0.2) is 13.1 Å². The summed E-state index contributed by atoms with van der Waals surface area (Å²) in [5.41, 5.74) is 0.361. The molecule has 2 N–H and O–H groups in total. The Morgan fingerprint density at radius 2 is 2.17 bits per heavy atom. The molecule has 1 aliphatic heterocycles. The Morgan fingerprint density at radius 3 is 2.72 bits per heavy atom. The zero-order valence-electron chi connectivity index (χ0n) is 10.6. The molecule has 0 amide bonds. The van der Waals surface area contributed by atoms with Crippen LogP contribution in [0.15, 0.2) is 9.42 Å². The van der Waals surface area contributed by atoms with Crippen LogP contribution in [0.1, 0.15) is 11.5 Å². The number of aromatic nitrogens is 1. The number of hydrogen-bond acceptors (Lipinski definition) is 6. The Kier molecular flexibility index (Phi) is 3.71. The molecule has 8 heteroatoms. The zero-order chi connectivity index (χ0) is 13.3. The molecule has 18 heavy (non-hydrogen) atoms. The molecule has 1 aliphatic rings. The molecule has 0 aliphatic carbocycles. The molecular weight excluding hydrogens is 258 g/mol. The van der Waals surface area contributed by atoms with Gasteiger partial charge in [0.05, 0.1) is 12.1 Å². The second-order valence-electron chi connectivity index (χ2n) is 4.31. The van der Waals surface area contributed by atoms with Gasteiger partial charge in [0, 0.05) is 20.2 Å². The first-order chi connectivity index (χ1) is 8.45. The molecule has 2 rings (SSSR count). The van der Waals surface area contributed by atoms with Gasteiger partial charge in [0.25, 0.3) is 0 Å². The lowest BCUT2D eigenvalue weighted by Gasteiger charge is -2.18. The fraction of sp³-hybridized carbons (Fsp3) is 0.700. The van der Waals surface area contributed by atoms with E-state index in [1.807, 2.05) is 0 Å². The average Bonchev–Trinajstić information content (AvgIpc) is 2.85. The Labute approximate surface area is 106 Å². The number of nitrogens with one attached hydrogen (secondary N) is 2. The standard InChI is InChI=1S/C10H17N3O4S/c1-6-10(7(2)17-12-6)18(14,15)13-8-4-11-5-9(8)16-3/h8-9,11,13H,4-5H2,1-3H3/t8?,9-/m1/s1. The van der Waals surface area contributed by atoms with E-state index in [1.165, 1.54) is 0 Å². The third-order valence-electron chi connectivity index (χ3n) is 3.00. The highest BCUT2D eigenvalue weighted by molar-refractivity contribution is 7.89. The first-order valence-electron chi connectivity index (χ1n) is 5.64. The van der Waals surface area contributed by atoms with Crippen molar-refractivity contribution < 1.29 is 17.7 Å². The maximum absolute atomic E-state index is 12.3. The molecule has 0 aromatic carbocycles. The maximum atomic E-state index is 12.3. The molecule has 0 saturated carbocycles. The number of ether oxygens (including phenoxy) is 1. The summed E-state index contributed by atoms with van der Waals surface area (Å²) in [5.74, 6) is 0.292. The summed E-state index contributed by atoms with van der Waals surface area (Å²) >= 11 is 0. The minimum atomic E-state index is -3.63. The Bertz CT molecular complexity index is 506. The van der Waals surface area contributed by atoms with E-state index in [0.29, 0.717) is 24.5 Å². The minimum absolute atomic E-state index is 0.115. The highest BCUT2D eigenvalue weighted by Gasteiger charge is 2.33. The van der Waals surface area contributed by atoms with Crippen LogP contribution in [-0.2, 0) is 14.8 Å². The van der Waals surface area contributed by atoms with Gasteiger partial charge in [0.15, 0.2) is 5.76 Å². The number of hydrogen-bond donors (Lipinski definition) is 2. The van der Waals surface area contributed by atoms with Gasteiger partial charge in [-0.15, -0.1) is 0 Å². The van der Waals surface area contributed by atoms with Gasteiger partial charge in [-0.1, -0.05) is 5.16 Å². The lowest BCUT2D eigenvalue weighted by atomic mass is 10.2. The van der Waals surface area contributed by atoms with E-state index in [1.54, 1.807) is 21.0 Å². The van der Waals surface area contributed by atoms with Crippen LogP contribution in [0.2, 0.25) is 0 Å². The lowest BCUT2D eigenvalue weighted by Crippen LogP contribution is -2.43. The van der Waals surface area contributed by atoms with Gasteiger partial charge in [0.1, 0.15) is 10.6 Å². The van der Waals surface area contributed by atoms with Gasteiger partial charge in [-0.3, -0.25) is 0 Å². The summed E-state index contributed by atoms with van der Waals surface area (Å²) in [5, 5.41) is 6.73. The molecule has 1 saturated heterocycles. The van der Waals surface area contributed by atoms with Gasteiger partial charge in [-0.2, -0.15) is 0 Å². The molecule has 0 bridgehead atoms. The highest BCUT2D eigenvalue weighted by Crippen LogP contribution is 2.19. The van der Waals surface area contributed by atoms with E-state index in [9.17, 15) is 8.42 Å². The minimum Gasteiger partial charge on any atom is -0.378 e. The fourth-order valence-electron chi connectivity index (χ4n) is 2.14. The molecule has 102 valence electrons. The van der Waals surface area contributed by atoms with Crippen LogP contribution < -0.4 is 10.0 Å².